The number of aliphatic hydroxyl groups excluding tert-OH is 1. The lowest BCUT2D eigenvalue weighted by Crippen LogP contribution is -2.36. The molecular formula is C13H19NO3. The van der Waals surface area contributed by atoms with Crippen LogP contribution in [0.1, 0.15) is 32.4 Å². The summed E-state index contributed by atoms with van der Waals surface area (Å²) >= 11 is 0. The van der Waals surface area contributed by atoms with E-state index in [1.807, 2.05) is 30.3 Å². The third kappa shape index (κ3) is 4.87. The number of benzene rings is 1. The average molecular weight is 237 g/mol. The minimum Gasteiger partial charge on any atom is -0.444 e. The van der Waals surface area contributed by atoms with E-state index in [0.29, 0.717) is 0 Å². The molecule has 1 aromatic carbocycles. The molecule has 0 aliphatic carbocycles. The van der Waals surface area contributed by atoms with E-state index >= 15 is 0 Å². The fraction of sp³-hybridized carbons (Fsp3) is 0.462. The number of aliphatic hydroxyl groups is 1. The van der Waals surface area contributed by atoms with Crippen LogP contribution in [0.3, 0.4) is 0 Å². The van der Waals surface area contributed by atoms with Crippen molar-refractivity contribution in [2.24, 2.45) is 0 Å². The minimum atomic E-state index is -0.541. The number of nitrogens with one attached hydrogen (secondary N) is 1. The molecule has 4 heteroatoms. The fourth-order valence-corrected chi connectivity index (χ4v) is 1.37. The summed E-state index contributed by atoms with van der Waals surface area (Å²) in [5.74, 6) is 0. The van der Waals surface area contributed by atoms with Gasteiger partial charge < -0.3 is 15.2 Å². The first-order chi connectivity index (χ1) is 7.92. The number of rotatable bonds is 3. The van der Waals surface area contributed by atoms with Crippen molar-refractivity contribution >= 4 is 6.09 Å². The number of hydrogen-bond acceptors (Lipinski definition) is 3. The number of amides is 1. The molecule has 17 heavy (non-hydrogen) atoms. The van der Waals surface area contributed by atoms with Gasteiger partial charge in [-0.05, 0) is 26.3 Å². The van der Waals surface area contributed by atoms with Crippen molar-refractivity contribution in [1.82, 2.24) is 5.32 Å². The lowest BCUT2D eigenvalue weighted by molar-refractivity contribution is 0.0482. The second kappa shape index (κ2) is 5.68. The second-order valence-electron chi connectivity index (χ2n) is 4.79. The largest absolute Gasteiger partial charge is 0.444 e. The summed E-state index contributed by atoms with van der Waals surface area (Å²) in [6, 6.07) is 8.84. The lowest BCUT2D eigenvalue weighted by atomic mass is 10.1. The molecule has 0 bridgehead atoms. The van der Waals surface area contributed by atoms with Gasteiger partial charge in [0.25, 0.3) is 0 Å². The van der Waals surface area contributed by atoms with Gasteiger partial charge in [0.15, 0.2) is 0 Å². The molecule has 0 aliphatic rings. The molecule has 0 aliphatic heterocycles. The van der Waals surface area contributed by atoms with Crippen LogP contribution in [0.2, 0.25) is 0 Å². The summed E-state index contributed by atoms with van der Waals surface area (Å²) in [5.41, 5.74) is 0.307. The highest BCUT2D eigenvalue weighted by Crippen LogP contribution is 2.13. The van der Waals surface area contributed by atoms with E-state index in [9.17, 15) is 9.90 Å². The van der Waals surface area contributed by atoms with Gasteiger partial charge in [0.1, 0.15) is 5.60 Å². The van der Waals surface area contributed by atoms with E-state index in [1.54, 1.807) is 20.8 Å². The van der Waals surface area contributed by atoms with E-state index in [4.69, 9.17) is 4.74 Å². The van der Waals surface area contributed by atoms with E-state index in [0.717, 1.165) is 5.56 Å². The van der Waals surface area contributed by atoms with Crippen molar-refractivity contribution in [3.8, 4) is 0 Å². The molecule has 0 heterocycles. The number of carbonyl (C=O) groups excluding carboxylic acids is 1. The number of hydrogen-bond donors (Lipinski definition) is 2. The Balaban J connectivity index is 2.62. The maximum atomic E-state index is 11.6. The first-order valence-electron chi connectivity index (χ1n) is 5.57. The maximum Gasteiger partial charge on any atom is 0.408 e. The van der Waals surface area contributed by atoms with Crippen LogP contribution < -0.4 is 5.32 Å². The van der Waals surface area contributed by atoms with E-state index in [1.165, 1.54) is 0 Å². The summed E-state index contributed by atoms with van der Waals surface area (Å²) in [6.07, 6.45) is -0.527. The zero-order valence-electron chi connectivity index (χ0n) is 10.4. The first kappa shape index (κ1) is 13.5. The number of ether oxygens (including phenoxy) is 1. The Morgan fingerprint density at radius 3 is 2.41 bits per heavy atom. The van der Waals surface area contributed by atoms with Crippen LogP contribution in [0.15, 0.2) is 30.3 Å². The molecule has 0 aromatic heterocycles. The van der Waals surface area contributed by atoms with Gasteiger partial charge in [-0.3, -0.25) is 0 Å². The fourth-order valence-electron chi connectivity index (χ4n) is 1.37. The Bertz CT molecular complexity index is 357. The van der Waals surface area contributed by atoms with Crippen molar-refractivity contribution in [3.05, 3.63) is 35.9 Å². The zero-order chi connectivity index (χ0) is 12.9. The Hall–Kier alpha value is -1.55. The third-order valence-corrected chi connectivity index (χ3v) is 2.08. The summed E-state index contributed by atoms with van der Waals surface area (Å²) in [5, 5.41) is 11.9. The van der Waals surface area contributed by atoms with Crippen molar-refractivity contribution in [2.75, 3.05) is 6.61 Å². The van der Waals surface area contributed by atoms with E-state index < -0.39 is 17.7 Å². The molecule has 0 fully saturated rings. The zero-order valence-corrected chi connectivity index (χ0v) is 10.4. The summed E-state index contributed by atoms with van der Waals surface area (Å²) in [7, 11) is 0. The standard InChI is InChI=1S/C13H19NO3/c1-13(2,3)17-12(16)14-11(9-15)10-7-5-4-6-8-10/h4-8,11,15H,9H2,1-3H3,(H,14,16)/t11-/m1/s1. The Labute approximate surface area is 102 Å². The number of alkyl carbamates (subject to hydrolysis) is 1. The molecule has 0 spiro atoms. The average Bonchev–Trinajstić information content (AvgIpc) is 2.24. The van der Waals surface area contributed by atoms with Gasteiger partial charge in [0.05, 0.1) is 12.6 Å². The van der Waals surface area contributed by atoms with Crippen LogP contribution in [0.5, 0.6) is 0 Å². The van der Waals surface area contributed by atoms with Crippen LogP contribution in [-0.2, 0) is 4.74 Å². The van der Waals surface area contributed by atoms with Gasteiger partial charge in [-0.2, -0.15) is 0 Å². The highest BCUT2D eigenvalue weighted by molar-refractivity contribution is 5.68. The van der Waals surface area contributed by atoms with Gasteiger partial charge in [0.2, 0.25) is 0 Å². The van der Waals surface area contributed by atoms with Crippen molar-refractivity contribution < 1.29 is 14.6 Å². The normalized spacial score (nSPS) is 12.9. The Kier molecular flexibility index (Phi) is 4.52. The molecule has 4 nitrogen and oxygen atoms in total. The van der Waals surface area contributed by atoms with Crippen molar-refractivity contribution in [1.29, 1.82) is 0 Å². The molecule has 1 atom stereocenters. The molecule has 94 valence electrons. The molecule has 1 aromatic rings. The maximum absolute atomic E-state index is 11.6. The molecule has 0 saturated carbocycles. The Morgan fingerprint density at radius 2 is 1.94 bits per heavy atom. The monoisotopic (exact) mass is 237 g/mol. The predicted octanol–water partition coefficient (Wildman–Crippen LogP) is 2.24. The van der Waals surface area contributed by atoms with E-state index in [-0.39, 0.29) is 6.61 Å². The van der Waals surface area contributed by atoms with Crippen LogP contribution in [-0.4, -0.2) is 23.4 Å². The highest BCUT2D eigenvalue weighted by atomic mass is 16.6. The number of carbonyl (C=O) groups is 1. The minimum absolute atomic E-state index is 0.163. The van der Waals surface area contributed by atoms with Gasteiger partial charge in [-0.1, -0.05) is 30.3 Å². The topological polar surface area (TPSA) is 58.6 Å². The summed E-state index contributed by atoms with van der Waals surface area (Å²) < 4.78 is 5.13. The molecule has 2 N–H and O–H groups in total. The molecule has 1 amide bonds. The molecule has 0 saturated heterocycles. The SMILES string of the molecule is CC(C)(C)OC(=O)N[C@H](CO)c1ccccc1. The van der Waals surface area contributed by atoms with Crippen molar-refractivity contribution in [2.45, 2.75) is 32.4 Å². The molecule has 1 rings (SSSR count). The quantitative estimate of drug-likeness (QED) is 0.847. The molecule has 0 radical (unpaired) electrons. The van der Waals surface area contributed by atoms with Gasteiger partial charge in [-0.25, -0.2) is 4.79 Å². The molecular weight excluding hydrogens is 218 g/mol. The third-order valence-electron chi connectivity index (χ3n) is 2.08. The summed E-state index contributed by atoms with van der Waals surface area (Å²) in [6.45, 7) is 5.22. The first-order valence-corrected chi connectivity index (χ1v) is 5.57. The van der Waals surface area contributed by atoms with Crippen LogP contribution >= 0.6 is 0 Å². The van der Waals surface area contributed by atoms with E-state index in [2.05, 4.69) is 5.32 Å². The van der Waals surface area contributed by atoms with Gasteiger partial charge in [-0.15, -0.1) is 0 Å². The predicted molar refractivity (Wildman–Crippen MR) is 65.6 cm³/mol. The van der Waals surface area contributed by atoms with Crippen molar-refractivity contribution in [3.63, 3.8) is 0 Å². The second-order valence-corrected chi connectivity index (χ2v) is 4.79. The van der Waals surface area contributed by atoms with Crippen LogP contribution in [0, 0.1) is 0 Å². The molecule has 0 unspecified atom stereocenters. The van der Waals surface area contributed by atoms with Gasteiger partial charge >= 0.3 is 6.09 Å². The van der Waals surface area contributed by atoms with Crippen LogP contribution in [0.4, 0.5) is 4.79 Å². The van der Waals surface area contributed by atoms with Crippen LogP contribution in [0.25, 0.3) is 0 Å². The lowest BCUT2D eigenvalue weighted by Gasteiger charge is -2.22. The van der Waals surface area contributed by atoms with Gasteiger partial charge in [0, 0.05) is 0 Å². The summed E-state index contributed by atoms with van der Waals surface area (Å²) in [4.78, 5) is 11.6. The smallest absolute Gasteiger partial charge is 0.408 e. The highest BCUT2D eigenvalue weighted by Gasteiger charge is 2.19. The Morgan fingerprint density at radius 1 is 1.35 bits per heavy atom.